The van der Waals surface area contributed by atoms with Crippen molar-refractivity contribution in [3.63, 3.8) is 0 Å². The summed E-state index contributed by atoms with van der Waals surface area (Å²) in [6.07, 6.45) is 2.70. The van der Waals surface area contributed by atoms with Gasteiger partial charge in [-0.25, -0.2) is 0 Å². The second-order valence-electron chi connectivity index (χ2n) is 5.22. The zero-order chi connectivity index (χ0) is 12.3. The molecular formula is C14H23ClN2+2. The molecule has 94 valence electrons. The van der Waals surface area contributed by atoms with Crippen molar-refractivity contribution in [3.05, 3.63) is 34.9 Å². The lowest BCUT2D eigenvalue weighted by Crippen LogP contribution is -3.15. The number of rotatable bonds is 3. The van der Waals surface area contributed by atoms with Gasteiger partial charge in [0, 0.05) is 16.5 Å². The molecule has 1 aliphatic heterocycles. The van der Waals surface area contributed by atoms with Crippen LogP contribution >= 0.6 is 11.6 Å². The highest BCUT2D eigenvalue weighted by molar-refractivity contribution is 6.31. The fraction of sp³-hybridized carbons (Fsp3) is 0.571. The van der Waals surface area contributed by atoms with Gasteiger partial charge in [0.25, 0.3) is 0 Å². The first-order chi connectivity index (χ1) is 8.22. The van der Waals surface area contributed by atoms with Gasteiger partial charge in [-0.1, -0.05) is 36.7 Å². The Bertz CT molecular complexity index is 367. The second kappa shape index (κ2) is 5.85. The molecule has 0 aromatic heterocycles. The molecule has 0 spiro atoms. The maximum atomic E-state index is 6.31. The molecular weight excluding hydrogens is 232 g/mol. The van der Waals surface area contributed by atoms with E-state index < -0.39 is 0 Å². The lowest BCUT2D eigenvalue weighted by Gasteiger charge is -2.33. The van der Waals surface area contributed by atoms with Crippen LogP contribution < -0.4 is 10.6 Å². The molecule has 0 aliphatic carbocycles. The van der Waals surface area contributed by atoms with Crippen molar-refractivity contribution in [2.45, 2.75) is 25.8 Å². The maximum absolute atomic E-state index is 6.31. The lowest BCUT2D eigenvalue weighted by atomic mass is 9.96. The predicted molar refractivity (Wildman–Crippen MR) is 71.0 cm³/mol. The predicted octanol–water partition coefficient (Wildman–Crippen LogP) is 0.938. The van der Waals surface area contributed by atoms with Gasteiger partial charge >= 0.3 is 0 Å². The average molecular weight is 255 g/mol. The van der Waals surface area contributed by atoms with E-state index in [4.69, 9.17) is 11.6 Å². The Kier molecular flexibility index (Phi) is 4.43. The summed E-state index contributed by atoms with van der Waals surface area (Å²) in [6.45, 7) is 5.79. The van der Waals surface area contributed by atoms with E-state index in [-0.39, 0.29) is 0 Å². The fourth-order valence-electron chi connectivity index (χ4n) is 2.98. The van der Waals surface area contributed by atoms with Crippen molar-refractivity contribution < 1.29 is 10.6 Å². The number of halogens is 1. The summed E-state index contributed by atoms with van der Waals surface area (Å²) < 4.78 is 0. The third-order valence-electron chi connectivity index (χ3n) is 3.87. The molecule has 4 N–H and O–H groups in total. The largest absolute Gasteiger partial charge is 0.352 e. The molecule has 1 unspecified atom stereocenters. The summed E-state index contributed by atoms with van der Waals surface area (Å²) in [7, 11) is 0. The normalized spacial score (nSPS) is 26.8. The van der Waals surface area contributed by atoms with Crippen molar-refractivity contribution >= 4 is 11.6 Å². The molecule has 0 radical (unpaired) electrons. The van der Waals surface area contributed by atoms with Crippen molar-refractivity contribution in [1.82, 2.24) is 0 Å². The lowest BCUT2D eigenvalue weighted by molar-refractivity contribution is -0.945. The van der Waals surface area contributed by atoms with E-state index in [0.29, 0.717) is 6.04 Å². The third kappa shape index (κ3) is 3.01. The van der Waals surface area contributed by atoms with Crippen LogP contribution in [0, 0.1) is 5.92 Å². The van der Waals surface area contributed by atoms with Crippen LogP contribution in [0.1, 0.15) is 31.4 Å². The molecule has 0 bridgehead atoms. The summed E-state index contributed by atoms with van der Waals surface area (Å²) >= 11 is 6.31. The van der Waals surface area contributed by atoms with Crippen molar-refractivity contribution in [1.29, 1.82) is 0 Å². The summed E-state index contributed by atoms with van der Waals surface area (Å²) in [5, 5.41) is 0.895. The topological polar surface area (TPSA) is 32.1 Å². The van der Waals surface area contributed by atoms with Gasteiger partial charge in [-0.15, -0.1) is 0 Å². The molecule has 0 amide bonds. The van der Waals surface area contributed by atoms with Crippen LogP contribution in [0.5, 0.6) is 0 Å². The zero-order valence-electron chi connectivity index (χ0n) is 10.6. The van der Waals surface area contributed by atoms with Crippen LogP contribution in [0.2, 0.25) is 5.02 Å². The van der Waals surface area contributed by atoms with Gasteiger partial charge in [0.15, 0.2) is 6.04 Å². The molecule has 3 heteroatoms. The highest BCUT2D eigenvalue weighted by Gasteiger charge is 2.30. The molecule has 2 rings (SSSR count). The van der Waals surface area contributed by atoms with Crippen molar-refractivity contribution in [2.24, 2.45) is 5.92 Å². The molecule has 1 saturated heterocycles. The third-order valence-corrected chi connectivity index (χ3v) is 4.21. The second-order valence-corrected chi connectivity index (χ2v) is 5.63. The number of hydrogen-bond acceptors (Lipinski definition) is 0. The Labute approximate surface area is 109 Å². The van der Waals surface area contributed by atoms with E-state index in [1.54, 1.807) is 4.90 Å². The number of hydrogen-bond donors (Lipinski definition) is 2. The standard InChI is InChI=1S/C14H21ClN2/c1-11-5-4-8-17(10-11)14(9-16)12-6-2-3-7-13(12)15/h2-3,6-7,11,14H,4-5,8-10,16H2,1H3/p+2/t11-,14+/m1/s1. The van der Waals surface area contributed by atoms with E-state index in [0.717, 1.165) is 17.5 Å². The molecule has 3 atom stereocenters. The minimum absolute atomic E-state index is 0.464. The molecule has 2 nitrogen and oxygen atoms in total. The Morgan fingerprint density at radius 1 is 1.47 bits per heavy atom. The molecule has 17 heavy (non-hydrogen) atoms. The Morgan fingerprint density at radius 3 is 2.88 bits per heavy atom. The van der Waals surface area contributed by atoms with Crippen LogP contribution in [0.4, 0.5) is 0 Å². The van der Waals surface area contributed by atoms with Gasteiger partial charge in [-0.3, -0.25) is 0 Å². The summed E-state index contributed by atoms with van der Waals surface area (Å²) in [5.74, 6) is 0.829. The average Bonchev–Trinajstić information content (AvgIpc) is 2.33. The number of benzene rings is 1. The fourth-order valence-corrected chi connectivity index (χ4v) is 3.25. The molecule has 1 aromatic rings. The Morgan fingerprint density at radius 2 is 2.24 bits per heavy atom. The quantitative estimate of drug-likeness (QED) is 0.805. The van der Waals surface area contributed by atoms with E-state index >= 15 is 0 Å². The van der Waals surface area contributed by atoms with Gasteiger partial charge in [0.1, 0.15) is 6.54 Å². The number of nitrogens with one attached hydrogen (secondary N) is 1. The molecule has 1 aliphatic rings. The van der Waals surface area contributed by atoms with Gasteiger partial charge < -0.3 is 10.6 Å². The first-order valence-corrected chi connectivity index (χ1v) is 6.98. The van der Waals surface area contributed by atoms with Crippen LogP contribution in [0.15, 0.2) is 24.3 Å². The molecule has 1 heterocycles. The summed E-state index contributed by atoms with van der Waals surface area (Å²) in [6, 6.07) is 8.69. The maximum Gasteiger partial charge on any atom is 0.164 e. The van der Waals surface area contributed by atoms with Gasteiger partial charge in [-0.2, -0.15) is 0 Å². The van der Waals surface area contributed by atoms with E-state index in [9.17, 15) is 0 Å². The Hall–Kier alpha value is -0.570. The van der Waals surface area contributed by atoms with Crippen LogP contribution in [-0.4, -0.2) is 19.6 Å². The van der Waals surface area contributed by atoms with Crippen LogP contribution in [0.25, 0.3) is 0 Å². The number of piperidine rings is 1. The molecule has 0 saturated carbocycles. The highest BCUT2D eigenvalue weighted by atomic mass is 35.5. The molecule has 1 fully saturated rings. The number of quaternary nitrogens is 2. The van der Waals surface area contributed by atoms with Crippen LogP contribution in [0.3, 0.4) is 0 Å². The van der Waals surface area contributed by atoms with E-state index in [1.807, 2.05) is 12.1 Å². The first kappa shape index (κ1) is 12.9. The van der Waals surface area contributed by atoms with Gasteiger partial charge in [0.2, 0.25) is 0 Å². The van der Waals surface area contributed by atoms with Crippen molar-refractivity contribution in [2.75, 3.05) is 19.6 Å². The summed E-state index contributed by atoms with van der Waals surface area (Å²) in [5.41, 5.74) is 5.40. The molecule has 1 aromatic carbocycles. The van der Waals surface area contributed by atoms with Crippen LogP contribution in [-0.2, 0) is 0 Å². The van der Waals surface area contributed by atoms with Gasteiger partial charge in [0.05, 0.1) is 13.1 Å². The van der Waals surface area contributed by atoms with Gasteiger partial charge in [-0.05, 0) is 18.9 Å². The monoisotopic (exact) mass is 254 g/mol. The first-order valence-electron chi connectivity index (χ1n) is 6.60. The minimum Gasteiger partial charge on any atom is -0.352 e. The van der Waals surface area contributed by atoms with E-state index in [2.05, 4.69) is 24.8 Å². The zero-order valence-corrected chi connectivity index (χ0v) is 11.3. The number of likely N-dealkylation sites (tertiary alicyclic amines) is 1. The highest BCUT2D eigenvalue weighted by Crippen LogP contribution is 2.20. The van der Waals surface area contributed by atoms with E-state index in [1.165, 1.54) is 31.5 Å². The van der Waals surface area contributed by atoms with Crippen molar-refractivity contribution in [3.8, 4) is 0 Å². The smallest absolute Gasteiger partial charge is 0.164 e. The summed E-state index contributed by atoms with van der Waals surface area (Å²) in [4.78, 5) is 1.66. The Balaban J connectivity index is 2.18. The SMILES string of the molecule is C[C@@H]1CCC[NH+]([C@@H](C[NH3+])c2ccccc2Cl)C1. The minimum atomic E-state index is 0.464.